The molecule has 0 atom stereocenters. The molecule has 7 heteroatoms. The molecule has 0 spiro atoms. The van der Waals surface area contributed by atoms with Crippen molar-refractivity contribution < 1.29 is 13.9 Å². The molecule has 0 saturated carbocycles. The maximum Gasteiger partial charge on any atom is 0.261 e. The normalized spacial score (nSPS) is 10.4. The van der Waals surface area contributed by atoms with Gasteiger partial charge in [-0.2, -0.15) is 0 Å². The first-order valence-electron chi connectivity index (χ1n) is 8.65. The lowest BCUT2D eigenvalue weighted by molar-refractivity contribution is 0.102. The van der Waals surface area contributed by atoms with E-state index in [0.29, 0.717) is 5.82 Å². The summed E-state index contributed by atoms with van der Waals surface area (Å²) in [5, 5.41) is 5.86. The number of rotatable bonds is 7. The number of anilines is 2. The molecule has 0 radical (unpaired) electrons. The first-order valence-corrected chi connectivity index (χ1v) is 9.03. The first kappa shape index (κ1) is 19.6. The lowest BCUT2D eigenvalue weighted by atomic mass is 10.1. The average Bonchev–Trinajstić information content (AvgIpc) is 2.70. The number of ether oxygens (including phenoxy) is 1. The molecule has 0 saturated heterocycles. The second-order valence-corrected chi connectivity index (χ2v) is 6.41. The van der Waals surface area contributed by atoms with Gasteiger partial charge in [0.25, 0.3) is 5.91 Å². The average molecular weight is 400 g/mol. The highest BCUT2D eigenvalue weighted by Crippen LogP contribution is 2.20. The molecule has 0 aliphatic rings. The molecular weight excluding hydrogens is 381 g/mol. The topological polar surface area (TPSA) is 63.2 Å². The van der Waals surface area contributed by atoms with Crippen LogP contribution < -0.4 is 15.4 Å². The Kier molecular flexibility index (Phi) is 6.45. The number of amides is 1. The lowest BCUT2D eigenvalue weighted by Gasteiger charge is -2.09. The molecule has 3 rings (SSSR count). The molecule has 2 aromatic carbocycles. The van der Waals surface area contributed by atoms with E-state index in [-0.39, 0.29) is 10.6 Å². The van der Waals surface area contributed by atoms with Gasteiger partial charge in [0.15, 0.2) is 0 Å². The maximum absolute atomic E-state index is 13.8. The number of hydrogen-bond acceptors (Lipinski definition) is 4. The number of nitrogens with one attached hydrogen (secondary N) is 2. The third-order valence-electron chi connectivity index (χ3n) is 4.10. The van der Waals surface area contributed by atoms with Crippen molar-refractivity contribution in [3.63, 3.8) is 0 Å². The molecule has 1 amide bonds. The number of halogens is 2. The van der Waals surface area contributed by atoms with Crippen LogP contribution in [0.2, 0.25) is 5.02 Å². The van der Waals surface area contributed by atoms with Crippen molar-refractivity contribution in [3.8, 4) is 5.75 Å². The Morgan fingerprint density at radius 3 is 2.57 bits per heavy atom. The number of nitrogens with zero attached hydrogens (tertiary/aromatic N) is 1. The van der Waals surface area contributed by atoms with E-state index >= 15 is 0 Å². The van der Waals surface area contributed by atoms with Crippen molar-refractivity contribution in [1.82, 2.24) is 4.98 Å². The lowest BCUT2D eigenvalue weighted by Crippen LogP contribution is -2.15. The van der Waals surface area contributed by atoms with Crippen LogP contribution in [0.5, 0.6) is 5.75 Å². The van der Waals surface area contributed by atoms with Gasteiger partial charge >= 0.3 is 0 Å². The van der Waals surface area contributed by atoms with Gasteiger partial charge < -0.3 is 15.4 Å². The largest absolute Gasteiger partial charge is 0.497 e. The standard InChI is InChI=1S/C21H19ClFN3O2/c1-28-16-8-5-14(6-9-16)11-12-24-15-7-10-19(25-13-15)26-21(27)20-17(22)3-2-4-18(20)23/h2-10,13,24H,11-12H2,1H3,(H,25,26,27). The number of hydrogen-bond donors (Lipinski definition) is 2. The SMILES string of the molecule is COc1ccc(CCNc2ccc(NC(=O)c3c(F)cccc3Cl)nc2)cc1. The molecule has 144 valence electrons. The number of carbonyl (C=O) groups excluding carboxylic acids is 1. The summed E-state index contributed by atoms with van der Waals surface area (Å²) in [5.41, 5.74) is 1.80. The number of carbonyl (C=O) groups is 1. The zero-order valence-electron chi connectivity index (χ0n) is 15.2. The van der Waals surface area contributed by atoms with E-state index in [2.05, 4.69) is 15.6 Å². The van der Waals surface area contributed by atoms with Crippen LogP contribution in [0.4, 0.5) is 15.9 Å². The van der Waals surface area contributed by atoms with Crippen molar-refractivity contribution in [2.24, 2.45) is 0 Å². The number of aromatic nitrogens is 1. The molecule has 0 aliphatic carbocycles. The van der Waals surface area contributed by atoms with Gasteiger partial charge in [0.1, 0.15) is 17.4 Å². The van der Waals surface area contributed by atoms with Crippen LogP contribution in [0.1, 0.15) is 15.9 Å². The van der Waals surface area contributed by atoms with Gasteiger partial charge in [-0.3, -0.25) is 4.79 Å². The van der Waals surface area contributed by atoms with Crippen LogP contribution in [0, 0.1) is 5.82 Å². The van der Waals surface area contributed by atoms with Crippen molar-refractivity contribution in [3.05, 3.63) is 82.8 Å². The zero-order valence-corrected chi connectivity index (χ0v) is 16.0. The third-order valence-corrected chi connectivity index (χ3v) is 4.41. The van der Waals surface area contributed by atoms with Gasteiger partial charge in [-0.15, -0.1) is 0 Å². The van der Waals surface area contributed by atoms with E-state index in [9.17, 15) is 9.18 Å². The molecule has 3 aromatic rings. The summed E-state index contributed by atoms with van der Waals surface area (Å²) in [4.78, 5) is 16.4. The van der Waals surface area contributed by atoms with Crippen LogP contribution in [-0.2, 0) is 6.42 Å². The second-order valence-electron chi connectivity index (χ2n) is 6.01. The zero-order chi connectivity index (χ0) is 19.9. The highest BCUT2D eigenvalue weighted by atomic mass is 35.5. The van der Waals surface area contributed by atoms with Gasteiger partial charge in [-0.05, 0) is 48.4 Å². The number of pyridine rings is 1. The fraction of sp³-hybridized carbons (Fsp3) is 0.143. The summed E-state index contributed by atoms with van der Waals surface area (Å²) < 4.78 is 18.9. The molecular formula is C21H19ClFN3O2. The van der Waals surface area contributed by atoms with Crippen molar-refractivity contribution in [2.75, 3.05) is 24.3 Å². The first-order chi connectivity index (χ1) is 13.6. The Balaban J connectivity index is 1.53. The van der Waals surface area contributed by atoms with Crippen molar-refractivity contribution in [1.29, 1.82) is 0 Å². The minimum Gasteiger partial charge on any atom is -0.497 e. The Morgan fingerprint density at radius 1 is 1.14 bits per heavy atom. The number of methoxy groups -OCH3 is 1. The second kappa shape index (κ2) is 9.19. The quantitative estimate of drug-likeness (QED) is 0.599. The van der Waals surface area contributed by atoms with E-state index in [1.54, 1.807) is 25.4 Å². The predicted molar refractivity (Wildman–Crippen MR) is 109 cm³/mol. The molecule has 0 unspecified atom stereocenters. The summed E-state index contributed by atoms with van der Waals surface area (Å²) in [6.45, 7) is 0.727. The van der Waals surface area contributed by atoms with E-state index in [0.717, 1.165) is 24.4 Å². The van der Waals surface area contributed by atoms with Gasteiger partial charge in [0, 0.05) is 6.54 Å². The molecule has 1 aromatic heterocycles. The van der Waals surface area contributed by atoms with Crippen LogP contribution in [0.3, 0.4) is 0 Å². The van der Waals surface area contributed by atoms with Crippen molar-refractivity contribution in [2.45, 2.75) is 6.42 Å². The van der Waals surface area contributed by atoms with Gasteiger partial charge in [0.2, 0.25) is 0 Å². The van der Waals surface area contributed by atoms with E-state index in [4.69, 9.17) is 16.3 Å². The van der Waals surface area contributed by atoms with Crippen LogP contribution >= 0.6 is 11.6 Å². The summed E-state index contributed by atoms with van der Waals surface area (Å²) >= 11 is 5.90. The Morgan fingerprint density at radius 2 is 1.93 bits per heavy atom. The van der Waals surface area contributed by atoms with Crippen molar-refractivity contribution >= 4 is 29.0 Å². The fourth-order valence-electron chi connectivity index (χ4n) is 2.61. The van der Waals surface area contributed by atoms with Crippen LogP contribution in [-0.4, -0.2) is 24.5 Å². The highest BCUT2D eigenvalue weighted by molar-refractivity contribution is 6.34. The molecule has 1 heterocycles. The molecule has 2 N–H and O–H groups in total. The summed E-state index contributed by atoms with van der Waals surface area (Å²) in [7, 11) is 1.64. The third kappa shape index (κ3) is 4.98. The Hall–Kier alpha value is -3.12. The van der Waals surface area contributed by atoms with Gasteiger partial charge in [0.05, 0.1) is 29.6 Å². The molecule has 0 aliphatic heterocycles. The van der Waals surface area contributed by atoms with Gasteiger partial charge in [-0.1, -0.05) is 29.8 Å². The smallest absolute Gasteiger partial charge is 0.261 e. The fourth-order valence-corrected chi connectivity index (χ4v) is 2.86. The summed E-state index contributed by atoms with van der Waals surface area (Å²) in [5.74, 6) is -0.183. The predicted octanol–water partition coefficient (Wildman–Crippen LogP) is 4.79. The van der Waals surface area contributed by atoms with E-state index in [1.807, 2.05) is 24.3 Å². The monoisotopic (exact) mass is 399 g/mol. The summed E-state index contributed by atoms with van der Waals surface area (Å²) in [6, 6.07) is 15.4. The number of benzene rings is 2. The van der Waals surface area contributed by atoms with Crippen LogP contribution in [0.25, 0.3) is 0 Å². The molecule has 28 heavy (non-hydrogen) atoms. The van der Waals surface area contributed by atoms with E-state index < -0.39 is 11.7 Å². The maximum atomic E-state index is 13.8. The minimum atomic E-state index is -0.679. The Bertz CT molecular complexity index is 927. The van der Waals surface area contributed by atoms with Crippen LogP contribution in [0.15, 0.2) is 60.8 Å². The Labute approximate surface area is 167 Å². The van der Waals surface area contributed by atoms with E-state index in [1.165, 1.54) is 23.8 Å². The highest BCUT2D eigenvalue weighted by Gasteiger charge is 2.16. The molecule has 0 fully saturated rings. The summed E-state index contributed by atoms with van der Waals surface area (Å²) in [6.07, 6.45) is 2.45. The molecule has 0 bridgehead atoms. The molecule has 5 nitrogen and oxygen atoms in total. The van der Waals surface area contributed by atoms with Gasteiger partial charge in [-0.25, -0.2) is 9.37 Å². The minimum absolute atomic E-state index is 0.0503.